The molecule has 1 aliphatic rings. The Morgan fingerprint density at radius 3 is 1.75 bits per heavy atom. The van der Waals surface area contributed by atoms with Gasteiger partial charge >= 0.3 is 24.4 Å². The number of anilines is 1. The van der Waals surface area contributed by atoms with Crippen molar-refractivity contribution in [2.45, 2.75) is 118 Å². The summed E-state index contributed by atoms with van der Waals surface area (Å²) in [5.74, 6) is -0.347. The molecule has 0 saturated heterocycles. The van der Waals surface area contributed by atoms with Crippen molar-refractivity contribution >= 4 is 64.8 Å². The highest BCUT2D eigenvalue weighted by Gasteiger charge is 2.26. The van der Waals surface area contributed by atoms with Crippen LogP contribution < -0.4 is 21.3 Å². The van der Waals surface area contributed by atoms with Crippen LogP contribution >= 0.6 is 11.3 Å². The lowest BCUT2D eigenvalue weighted by Crippen LogP contribution is -2.48. The molecule has 0 bridgehead atoms. The second-order valence-corrected chi connectivity index (χ2v) is 18.0. The third-order valence-electron chi connectivity index (χ3n) is 7.03. The predicted octanol–water partition coefficient (Wildman–Crippen LogP) is 7.85. The third kappa shape index (κ3) is 17.9. The zero-order chi connectivity index (χ0) is 42.8. The van der Waals surface area contributed by atoms with Gasteiger partial charge in [-0.1, -0.05) is 18.2 Å². The van der Waals surface area contributed by atoms with Gasteiger partial charge in [-0.25, -0.2) is 19.2 Å². The van der Waals surface area contributed by atoms with Gasteiger partial charge in [0.15, 0.2) is 0 Å². The van der Waals surface area contributed by atoms with Crippen LogP contribution in [0.4, 0.5) is 24.9 Å². The molecule has 2 heterocycles. The molecule has 0 radical (unpaired) electrons. The maximum Gasteiger partial charge on any atom is 0.437 e. The highest BCUT2D eigenvalue weighted by atomic mass is 32.1. The Morgan fingerprint density at radius 1 is 0.737 bits per heavy atom. The topological polar surface area (TPSA) is 198 Å². The standard InChI is InChI=1S/C40H57N7O9S/c1-37(2,3)53-33(49)43-31(44-34(50)54-38(4,5)6)41-20-17-25-13-15-28(16-14-25)42-30(48)29-23-27(24-57-29)26-18-21-47(22-19-26)32(45-35(51)55-39(7,8)9)46-36(52)56-40(10,11)12/h13-16,18,23-24H,17,19-22H2,1-12H3,(H,42,48)(H,45,46,51,52)(H2,41,43,44,49,50). The van der Waals surface area contributed by atoms with E-state index < -0.39 is 46.8 Å². The molecule has 312 valence electrons. The molecule has 0 fully saturated rings. The molecule has 3 rings (SSSR count). The van der Waals surface area contributed by atoms with Crippen molar-refractivity contribution in [1.82, 2.24) is 20.9 Å². The van der Waals surface area contributed by atoms with E-state index in [0.717, 1.165) is 16.7 Å². The van der Waals surface area contributed by atoms with Gasteiger partial charge in [0.25, 0.3) is 5.91 Å². The summed E-state index contributed by atoms with van der Waals surface area (Å²) in [7, 11) is 0. The number of amides is 5. The SMILES string of the molecule is CC(C)(C)OC(=O)/N=C(/NC(=O)OC(C)(C)C)N1CC=C(c2csc(C(=O)Nc3ccc(CCN=C(NC(=O)OC(C)(C)C)NC(=O)OC(C)(C)C)cc3)c2)CC1. The Kier molecular flexibility index (Phi) is 15.4. The minimum Gasteiger partial charge on any atom is -0.444 e. The van der Waals surface area contributed by atoms with Gasteiger partial charge in [-0.05, 0) is 136 Å². The number of hydrogen-bond donors (Lipinski definition) is 4. The molecule has 16 nitrogen and oxygen atoms in total. The summed E-state index contributed by atoms with van der Waals surface area (Å²) in [5.41, 5.74) is 0.384. The number of ether oxygens (including phenoxy) is 4. The first-order valence-corrected chi connectivity index (χ1v) is 19.4. The van der Waals surface area contributed by atoms with E-state index in [-0.39, 0.29) is 24.4 Å². The van der Waals surface area contributed by atoms with Crippen LogP contribution in [0.1, 0.15) is 110 Å². The highest BCUT2D eigenvalue weighted by molar-refractivity contribution is 7.12. The molecule has 0 unspecified atom stereocenters. The van der Waals surface area contributed by atoms with E-state index in [4.69, 9.17) is 18.9 Å². The molecule has 1 aromatic carbocycles. The number of rotatable bonds is 6. The number of nitrogens with zero attached hydrogens (tertiary/aromatic N) is 3. The summed E-state index contributed by atoms with van der Waals surface area (Å²) in [5, 5.41) is 12.4. The summed E-state index contributed by atoms with van der Waals surface area (Å²) >= 11 is 1.32. The zero-order valence-electron chi connectivity index (χ0n) is 35.0. The number of benzene rings is 1. The van der Waals surface area contributed by atoms with Gasteiger partial charge in [0.2, 0.25) is 11.9 Å². The summed E-state index contributed by atoms with van der Waals surface area (Å²) in [6, 6.07) is 9.10. The van der Waals surface area contributed by atoms with Gasteiger partial charge in [-0.15, -0.1) is 16.3 Å². The summed E-state index contributed by atoms with van der Waals surface area (Å²) in [4.78, 5) is 73.7. The van der Waals surface area contributed by atoms with Gasteiger partial charge < -0.3 is 29.2 Å². The lowest BCUT2D eigenvalue weighted by molar-refractivity contribution is 0.0528. The van der Waals surface area contributed by atoms with Gasteiger partial charge in [0.05, 0.1) is 4.88 Å². The van der Waals surface area contributed by atoms with E-state index in [9.17, 15) is 24.0 Å². The molecule has 17 heteroatoms. The average molecular weight is 812 g/mol. The van der Waals surface area contributed by atoms with Crippen LogP contribution in [0.5, 0.6) is 0 Å². The minimum absolute atomic E-state index is 0.0214. The monoisotopic (exact) mass is 811 g/mol. The fraction of sp³-hybridized carbons (Fsp3) is 0.525. The fourth-order valence-corrected chi connectivity index (χ4v) is 5.67. The number of hydrogen-bond acceptors (Lipinski definition) is 11. The summed E-state index contributed by atoms with van der Waals surface area (Å²) in [6.07, 6.45) is -0.149. The minimum atomic E-state index is -0.839. The number of aliphatic imine (C=N–C) groups is 2. The first-order valence-electron chi connectivity index (χ1n) is 18.5. The van der Waals surface area contributed by atoms with Crippen LogP contribution in [0.3, 0.4) is 0 Å². The van der Waals surface area contributed by atoms with Crippen molar-refractivity contribution in [1.29, 1.82) is 0 Å². The predicted molar refractivity (Wildman–Crippen MR) is 221 cm³/mol. The Morgan fingerprint density at radius 2 is 1.26 bits per heavy atom. The van der Waals surface area contributed by atoms with Crippen molar-refractivity contribution in [3.8, 4) is 0 Å². The van der Waals surface area contributed by atoms with Crippen molar-refractivity contribution < 1.29 is 42.9 Å². The second-order valence-electron chi connectivity index (χ2n) is 17.1. The van der Waals surface area contributed by atoms with Gasteiger partial charge in [0.1, 0.15) is 22.4 Å². The van der Waals surface area contributed by atoms with Crippen molar-refractivity contribution in [3.63, 3.8) is 0 Å². The summed E-state index contributed by atoms with van der Waals surface area (Å²) in [6.45, 7) is 21.7. The van der Waals surface area contributed by atoms with E-state index in [0.29, 0.717) is 36.5 Å². The molecule has 0 atom stereocenters. The van der Waals surface area contributed by atoms with Crippen LogP contribution in [0.2, 0.25) is 0 Å². The molecule has 1 aliphatic heterocycles. The molecular weight excluding hydrogens is 755 g/mol. The number of guanidine groups is 2. The van der Waals surface area contributed by atoms with Crippen LogP contribution in [-0.4, -0.2) is 89.1 Å². The normalized spacial score (nSPS) is 13.7. The number of nitrogens with one attached hydrogen (secondary N) is 4. The van der Waals surface area contributed by atoms with Crippen molar-refractivity contribution in [3.05, 3.63) is 57.8 Å². The Balaban J connectivity index is 1.62. The Bertz CT molecular complexity index is 1820. The Labute approximate surface area is 338 Å². The molecular formula is C40H57N7O9S. The molecule has 57 heavy (non-hydrogen) atoms. The van der Waals surface area contributed by atoms with E-state index in [1.807, 2.05) is 29.7 Å². The van der Waals surface area contributed by atoms with Gasteiger partial charge in [-0.3, -0.25) is 25.7 Å². The number of carbonyl (C=O) groups is 5. The first kappa shape index (κ1) is 45.9. The van der Waals surface area contributed by atoms with E-state index in [1.165, 1.54) is 11.3 Å². The van der Waals surface area contributed by atoms with Crippen molar-refractivity contribution in [2.75, 3.05) is 25.0 Å². The smallest absolute Gasteiger partial charge is 0.437 e. The number of alkyl carbamates (subject to hydrolysis) is 3. The van der Waals surface area contributed by atoms with Crippen LogP contribution in [0, 0.1) is 0 Å². The van der Waals surface area contributed by atoms with Gasteiger partial charge in [-0.2, -0.15) is 0 Å². The molecule has 0 saturated carbocycles. The first-order chi connectivity index (χ1) is 26.2. The van der Waals surface area contributed by atoms with Gasteiger partial charge in [0, 0.05) is 25.3 Å². The van der Waals surface area contributed by atoms with E-state index in [1.54, 1.807) is 100 Å². The van der Waals surface area contributed by atoms with Crippen LogP contribution in [0.25, 0.3) is 5.57 Å². The lowest BCUT2D eigenvalue weighted by Gasteiger charge is -2.30. The van der Waals surface area contributed by atoms with Crippen molar-refractivity contribution in [2.24, 2.45) is 9.98 Å². The fourth-order valence-electron chi connectivity index (χ4n) is 4.85. The van der Waals surface area contributed by atoms with Crippen LogP contribution in [0.15, 0.2) is 51.8 Å². The molecule has 2 aromatic rings. The molecule has 0 aliphatic carbocycles. The quantitative estimate of drug-likeness (QED) is 0.127. The number of thiophene rings is 1. The average Bonchev–Trinajstić information content (AvgIpc) is 3.52. The molecule has 5 amide bonds. The third-order valence-corrected chi connectivity index (χ3v) is 7.96. The van der Waals surface area contributed by atoms with E-state index in [2.05, 4.69) is 31.3 Å². The highest BCUT2D eigenvalue weighted by Crippen LogP contribution is 2.28. The lowest BCUT2D eigenvalue weighted by atomic mass is 10.0. The molecule has 1 aromatic heterocycles. The van der Waals surface area contributed by atoms with E-state index >= 15 is 0 Å². The molecule has 4 N–H and O–H groups in total. The maximum atomic E-state index is 13.2. The summed E-state index contributed by atoms with van der Waals surface area (Å²) < 4.78 is 21.3. The largest absolute Gasteiger partial charge is 0.444 e. The van der Waals surface area contributed by atoms with Crippen LogP contribution in [-0.2, 0) is 25.4 Å². The second kappa shape index (κ2) is 19.1. The number of carbonyl (C=O) groups excluding carboxylic acids is 5. The Hall–Kier alpha value is -5.45. The zero-order valence-corrected chi connectivity index (χ0v) is 35.8. The molecule has 0 spiro atoms. The maximum absolute atomic E-state index is 13.2.